The molecule has 84 valence electrons. The maximum Gasteiger partial charge on any atom is 0.200 e. The molecule has 1 aromatic rings. The Balaban J connectivity index is 1.90. The van der Waals surface area contributed by atoms with Crippen LogP contribution in [-0.2, 0) is 11.3 Å². The van der Waals surface area contributed by atoms with Crippen LogP contribution >= 0.6 is 0 Å². The number of hydrogen-bond acceptors (Lipinski definition) is 3. The third-order valence-electron chi connectivity index (χ3n) is 3.00. The van der Waals surface area contributed by atoms with E-state index in [0.717, 1.165) is 19.6 Å². The summed E-state index contributed by atoms with van der Waals surface area (Å²) >= 11 is 0. The van der Waals surface area contributed by atoms with Crippen LogP contribution in [0.3, 0.4) is 0 Å². The number of aromatic nitrogens is 2. The molecule has 1 aliphatic rings. The molecule has 0 radical (unpaired) electrons. The molecule has 0 amide bonds. The Bertz CT molecular complexity index is 322. The molecule has 0 spiro atoms. The fourth-order valence-corrected chi connectivity index (χ4v) is 1.91. The number of nitrogens with two attached hydrogens (primary N) is 1. The Morgan fingerprint density at radius 2 is 2.47 bits per heavy atom. The summed E-state index contributed by atoms with van der Waals surface area (Å²) in [4.78, 5) is 4.00. The lowest BCUT2D eigenvalue weighted by atomic mass is 9.85. The molecule has 4 heteroatoms. The summed E-state index contributed by atoms with van der Waals surface area (Å²) in [6.07, 6.45) is 6.23. The van der Waals surface area contributed by atoms with Crippen molar-refractivity contribution in [3.63, 3.8) is 0 Å². The van der Waals surface area contributed by atoms with Crippen molar-refractivity contribution in [3.8, 4) is 0 Å². The summed E-state index contributed by atoms with van der Waals surface area (Å²) in [6, 6.07) is 0. The van der Waals surface area contributed by atoms with Crippen LogP contribution in [0.15, 0.2) is 12.4 Å². The van der Waals surface area contributed by atoms with E-state index in [-0.39, 0.29) is 6.10 Å². The van der Waals surface area contributed by atoms with Crippen molar-refractivity contribution in [1.82, 2.24) is 9.55 Å². The first-order valence-corrected chi connectivity index (χ1v) is 5.45. The van der Waals surface area contributed by atoms with Crippen molar-refractivity contribution in [2.24, 2.45) is 5.41 Å². The fraction of sp³-hybridized carbons (Fsp3) is 0.727. The number of anilines is 1. The highest BCUT2D eigenvalue weighted by molar-refractivity contribution is 5.16. The lowest BCUT2D eigenvalue weighted by Crippen LogP contribution is -2.34. The third kappa shape index (κ3) is 2.50. The highest BCUT2D eigenvalue weighted by Gasteiger charge is 2.27. The van der Waals surface area contributed by atoms with Crippen LogP contribution in [0.2, 0.25) is 0 Å². The number of nitrogens with zero attached hydrogens (tertiary/aromatic N) is 2. The van der Waals surface area contributed by atoms with Crippen LogP contribution in [-0.4, -0.2) is 22.3 Å². The monoisotopic (exact) mass is 209 g/mol. The van der Waals surface area contributed by atoms with Crippen LogP contribution in [0.1, 0.15) is 26.7 Å². The molecule has 1 fully saturated rings. The van der Waals surface area contributed by atoms with E-state index in [1.54, 1.807) is 6.20 Å². The first kappa shape index (κ1) is 10.5. The average molecular weight is 209 g/mol. The molecule has 0 aromatic carbocycles. The standard InChI is InChI=1S/C11H19N3O/c1-11(2)4-3-9(15-8-11)7-14-6-5-13-10(14)12/h5-6,9H,3-4,7-8H2,1-2H3,(H2,12,13). The van der Waals surface area contributed by atoms with Gasteiger partial charge in [0.2, 0.25) is 0 Å². The minimum absolute atomic E-state index is 0.287. The Kier molecular flexibility index (Phi) is 2.69. The Morgan fingerprint density at radius 3 is 3.00 bits per heavy atom. The van der Waals surface area contributed by atoms with E-state index < -0.39 is 0 Å². The third-order valence-corrected chi connectivity index (χ3v) is 3.00. The van der Waals surface area contributed by atoms with Crippen LogP contribution in [0.25, 0.3) is 0 Å². The molecule has 2 rings (SSSR count). The zero-order chi connectivity index (χ0) is 10.9. The molecule has 1 aliphatic heterocycles. The van der Waals surface area contributed by atoms with E-state index in [0.29, 0.717) is 11.4 Å². The molecule has 1 atom stereocenters. The van der Waals surface area contributed by atoms with Gasteiger partial charge in [-0.2, -0.15) is 0 Å². The summed E-state index contributed by atoms with van der Waals surface area (Å²) in [5, 5.41) is 0. The maximum absolute atomic E-state index is 5.82. The van der Waals surface area contributed by atoms with E-state index in [9.17, 15) is 0 Å². The highest BCUT2D eigenvalue weighted by atomic mass is 16.5. The quantitative estimate of drug-likeness (QED) is 0.806. The van der Waals surface area contributed by atoms with E-state index in [1.165, 1.54) is 6.42 Å². The summed E-state index contributed by atoms with van der Waals surface area (Å²) in [7, 11) is 0. The fourth-order valence-electron chi connectivity index (χ4n) is 1.91. The zero-order valence-electron chi connectivity index (χ0n) is 9.44. The van der Waals surface area contributed by atoms with Gasteiger partial charge in [-0.25, -0.2) is 4.98 Å². The first-order chi connectivity index (χ1) is 7.07. The summed E-state index contributed by atoms with van der Waals surface area (Å²) in [6.45, 7) is 6.15. The molecule has 0 aliphatic carbocycles. The second-order valence-corrected chi connectivity index (χ2v) is 5.07. The van der Waals surface area contributed by atoms with Gasteiger partial charge in [-0.15, -0.1) is 0 Å². The van der Waals surface area contributed by atoms with Gasteiger partial charge in [0.05, 0.1) is 19.3 Å². The second-order valence-electron chi connectivity index (χ2n) is 5.07. The predicted molar refractivity (Wildman–Crippen MR) is 59.4 cm³/mol. The van der Waals surface area contributed by atoms with Gasteiger partial charge in [-0.1, -0.05) is 13.8 Å². The van der Waals surface area contributed by atoms with E-state index >= 15 is 0 Å². The molecular weight excluding hydrogens is 190 g/mol. The van der Waals surface area contributed by atoms with Crippen molar-refractivity contribution < 1.29 is 4.74 Å². The van der Waals surface area contributed by atoms with Crippen LogP contribution in [0, 0.1) is 5.41 Å². The smallest absolute Gasteiger partial charge is 0.200 e. The summed E-state index contributed by atoms with van der Waals surface area (Å²) in [5.41, 5.74) is 6.04. The van der Waals surface area contributed by atoms with Crippen molar-refractivity contribution in [2.45, 2.75) is 39.3 Å². The average Bonchev–Trinajstić information content (AvgIpc) is 2.56. The molecule has 0 bridgehead atoms. The van der Waals surface area contributed by atoms with Crippen molar-refractivity contribution in [2.75, 3.05) is 12.3 Å². The second kappa shape index (κ2) is 3.85. The lowest BCUT2D eigenvalue weighted by molar-refractivity contribution is -0.0545. The Hall–Kier alpha value is -1.03. The minimum atomic E-state index is 0.287. The van der Waals surface area contributed by atoms with Gasteiger partial charge in [0.15, 0.2) is 5.95 Å². The number of nitrogen functional groups attached to an aromatic ring is 1. The maximum atomic E-state index is 5.82. The van der Waals surface area contributed by atoms with Crippen LogP contribution in [0.4, 0.5) is 5.95 Å². The van der Waals surface area contributed by atoms with E-state index in [4.69, 9.17) is 10.5 Å². The number of rotatable bonds is 2. The SMILES string of the molecule is CC1(C)CCC(Cn2ccnc2N)OC1. The minimum Gasteiger partial charge on any atom is -0.376 e. The van der Waals surface area contributed by atoms with Gasteiger partial charge in [0.25, 0.3) is 0 Å². The van der Waals surface area contributed by atoms with Crippen molar-refractivity contribution in [1.29, 1.82) is 0 Å². The van der Waals surface area contributed by atoms with Gasteiger partial charge < -0.3 is 15.0 Å². The molecular formula is C11H19N3O. The molecule has 1 saturated heterocycles. The van der Waals surface area contributed by atoms with Gasteiger partial charge in [0.1, 0.15) is 0 Å². The molecule has 2 N–H and O–H groups in total. The molecule has 4 nitrogen and oxygen atoms in total. The topological polar surface area (TPSA) is 53.1 Å². The number of ether oxygens (including phenoxy) is 1. The van der Waals surface area contributed by atoms with Gasteiger partial charge in [-0.05, 0) is 18.3 Å². The molecule has 0 saturated carbocycles. The highest BCUT2D eigenvalue weighted by Crippen LogP contribution is 2.30. The Morgan fingerprint density at radius 1 is 1.67 bits per heavy atom. The molecule has 15 heavy (non-hydrogen) atoms. The number of imidazole rings is 1. The van der Waals surface area contributed by atoms with Gasteiger partial charge in [0, 0.05) is 12.4 Å². The van der Waals surface area contributed by atoms with Gasteiger partial charge >= 0.3 is 0 Å². The van der Waals surface area contributed by atoms with E-state index in [2.05, 4.69) is 18.8 Å². The Labute approximate surface area is 90.4 Å². The van der Waals surface area contributed by atoms with Crippen molar-refractivity contribution in [3.05, 3.63) is 12.4 Å². The molecule has 2 heterocycles. The molecule has 1 aromatic heterocycles. The normalized spacial score (nSPS) is 25.3. The largest absolute Gasteiger partial charge is 0.376 e. The summed E-state index contributed by atoms with van der Waals surface area (Å²) < 4.78 is 7.76. The van der Waals surface area contributed by atoms with Crippen molar-refractivity contribution >= 4 is 5.95 Å². The first-order valence-electron chi connectivity index (χ1n) is 5.45. The summed E-state index contributed by atoms with van der Waals surface area (Å²) in [5.74, 6) is 0.573. The lowest BCUT2D eigenvalue weighted by Gasteiger charge is -2.34. The van der Waals surface area contributed by atoms with E-state index in [1.807, 2.05) is 10.8 Å². The zero-order valence-corrected chi connectivity index (χ0v) is 9.44. The molecule has 1 unspecified atom stereocenters. The van der Waals surface area contributed by atoms with Crippen LogP contribution in [0.5, 0.6) is 0 Å². The number of hydrogen-bond donors (Lipinski definition) is 1. The predicted octanol–water partition coefficient (Wildman–Crippen LogP) is 1.67. The van der Waals surface area contributed by atoms with Gasteiger partial charge in [-0.3, -0.25) is 0 Å². The van der Waals surface area contributed by atoms with Crippen LogP contribution < -0.4 is 5.73 Å².